The van der Waals surface area contributed by atoms with Gasteiger partial charge in [0, 0.05) is 36.8 Å². The smallest absolute Gasteiger partial charge is 0.371 e. The third-order valence-corrected chi connectivity index (χ3v) is 6.19. The van der Waals surface area contributed by atoms with Crippen LogP contribution in [0.15, 0.2) is 41.6 Å². The fourth-order valence-corrected chi connectivity index (χ4v) is 4.72. The van der Waals surface area contributed by atoms with Crippen LogP contribution in [0.3, 0.4) is 0 Å². The summed E-state index contributed by atoms with van der Waals surface area (Å²) in [5.74, 6) is 0.458. The first kappa shape index (κ1) is 21.6. The molecule has 0 radical (unpaired) electrons. The topological polar surface area (TPSA) is 49.8 Å². The van der Waals surface area contributed by atoms with Crippen LogP contribution in [0.4, 0.5) is 24.7 Å². The van der Waals surface area contributed by atoms with Crippen molar-refractivity contribution in [1.29, 1.82) is 0 Å². The second-order valence-corrected chi connectivity index (χ2v) is 8.69. The van der Waals surface area contributed by atoms with E-state index in [1.54, 1.807) is 6.20 Å². The Morgan fingerprint density at radius 3 is 2.52 bits per heavy atom. The fraction of sp³-hybridized carbons (Fsp3) is 0.478. The highest BCUT2D eigenvalue weighted by molar-refractivity contribution is 5.65. The highest BCUT2D eigenvalue weighted by atomic mass is 19.4. The molecule has 2 aliphatic heterocycles. The zero-order valence-electron chi connectivity index (χ0n) is 18.0. The van der Waals surface area contributed by atoms with Crippen LogP contribution in [-0.2, 0) is 15.9 Å². The average molecular weight is 432 g/mol. The molecule has 4 rings (SSSR count). The molecule has 0 bridgehead atoms. The van der Waals surface area contributed by atoms with Crippen molar-refractivity contribution in [1.82, 2.24) is 4.98 Å². The zero-order chi connectivity index (χ0) is 22.3. The number of piperidine rings is 1. The molecular weight excluding hydrogens is 405 g/mol. The first-order valence-corrected chi connectivity index (χ1v) is 10.5. The summed E-state index contributed by atoms with van der Waals surface area (Å²) in [6.07, 6.45) is -1.16. The minimum atomic E-state index is -4.27. The molecule has 1 N–H and O–H groups in total. The molecular formula is C23H27F3N4O. The number of hydrogen-bond acceptors (Lipinski definition) is 5. The van der Waals surface area contributed by atoms with E-state index in [1.807, 2.05) is 13.0 Å². The molecule has 1 spiro atoms. The molecule has 166 valence electrons. The molecule has 1 fully saturated rings. The van der Waals surface area contributed by atoms with Gasteiger partial charge in [0.15, 0.2) is 5.82 Å². The SMILES string of the molecule is Cc1c(N2CCC3(CC2)OC(C)(C)c2ccccc23)ccnc1N/N=C/CC(F)(F)F. The molecule has 0 amide bonds. The standard InChI is InChI=1S/C23H27F3N4O/c1-16-19(8-12-27-20(16)29-28-13-9-23(24,25)26)30-14-10-22(11-15-30)18-7-5-4-6-17(18)21(2,3)31-22/h4-8,12-13H,9-11,14-15H2,1-3H3,(H,27,29)/b28-13+. The summed E-state index contributed by atoms with van der Waals surface area (Å²) in [7, 11) is 0. The first-order chi connectivity index (χ1) is 14.6. The van der Waals surface area contributed by atoms with Crippen LogP contribution in [0.1, 0.15) is 49.8 Å². The number of pyridine rings is 1. The Balaban J connectivity index is 1.48. The van der Waals surface area contributed by atoms with Gasteiger partial charge in [-0.25, -0.2) is 4.98 Å². The predicted octanol–water partition coefficient (Wildman–Crippen LogP) is 5.50. The van der Waals surface area contributed by atoms with Gasteiger partial charge in [-0.2, -0.15) is 18.3 Å². The van der Waals surface area contributed by atoms with E-state index >= 15 is 0 Å². The van der Waals surface area contributed by atoms with Gasteiger partial charge in [-0.05, 0) is 50.8 Å². The molecule has 2 aliphatic rings. The lowest BCUT2D eigenvalue weighted by Gasteiger charge is -2.42. The number of nitrogens with one attached hydrogen (secondary N) is 1. The molecule has 0 aliphatic carbocycles. The summed E-state index contributed by atoms with van der Waals surface area (Å²) < 4.78 is 43.5. The van der Waals surface area contributed by atoms with Crippen molar-refractivity contribution in [2.24, 2.45) is 5.10 Å². The number of benzene rings is 1. The van der Waals surface area contributed by atoms with E-state index in [2.05, 4.69) is 58.5 Å². The molecule has 1 aromatic heterocycles. The summed E-state index contributed by atoms with van der Waals surface area (Å²) in [6.45, 7) is 7.77. The number of alkyl halides is 3. The van der Waals surface area contributed by atoms with E-state index in [1.165, 1.54) is 11.1 Å². The van der Waals surface area contributed by atoms with Crippen LogP contribution in [-0.4, -0.2) is 30.5 Å². The molecule has 3 heterocycles. The normalized spacial score (nSPS) is 19.7. The lowest BCUT2D eigenvalue weighted by Crippen LogP contribution is -2.44. The number of fused-ring (bicyclic) bond motifs is 2. The summed E-state index contributed by atoms with van der Waals surface area (Å²) in [5, 5.41) is 3.68. The van der Waals surface area contributed by atoms with Crippen molar-refractivity contribution in [3.05, 3.63) is 53.2 Å². The van der Waals surface area contributed by atoms with Crippen LogP contribution in [0.2, 0.25) is 0 Å². The van der Waals surface area contributed by atoms with Gasteiger partial charge in [-0.1, -0.05) is 24.3 Å². The van der Waals surface area contributed by atoms with E-state index in [0.717, 1.165) is 43.4 Å². The van der Waals surface area contributed by atoms with Crippen LogP contribution in [0.25, 0.3) is 0 Å². The predicted molar refractivity (Wildman–Crippen MR) is 115 cm³/mol. The van der Waals surface area contributed by atoms with E-state index in [-0.39, 0.29) is 11.2 Å². The van der Waals surface area contributed by atoms with Gasteiger partial charge in [0.25, 0.3) is 0 Å². The Bertz CT molecular complexity index is 979. The van der Waals surface area contributed by atoms with Crippen molar-refractivity contribution in [2.45, 2.75) is 57.4 Å². The third-order valence-electron chi connectivity index (χ3n) is 6.19. The number of rotatable bonds is 4. The number of ether oxygens (including phenoxy) is 1. The number of aromatic nitrogens is 1. The van der Waals surface area contributed by atoms with E-state index in [9.17, 15) is 13.2 Å². The number of hydrazone groups is 1. The van der Waals surface area contributed by atoms with Gasteiger partial charge in [0.05, 0.1) is 17.6 Å². The second-order valence-electron chi connectivity index (χ2n) is 8.69. The van der Waals surface area contributed by atoms with Crippen molar-refractivity contribution in [3.63, 3.8) is 0 Å². The molecule has 0 unspecified atom stereocenters. The monoisotopic (exact) mass is 432 g/mol. The number of hydrogen-bond donors (Lipinski definition) is 1. The Morgan fingerprint density at radius 2 is 1.84 bits per heavy atom. The lowest BCUT2D eigenvalue weighted by molar-refractivity contribution is -0.136. The van der Waals surface area contributed by atoms with Gasteiger partial charge in [0.1, 0.15) is 0 Å². The maximum atomic E-state index is 12.3. The van der Waals surface area contributed by atoms with Gasteiger partial charge >= 0.3 is 6.18 Å². The summed E-state index contributed by atoms with van der Waals surface area (Å²) in [4.78, 5) is 6.51. The van der Waals surface area contributed by atoms with E-state index < -0.39 is 12.6 Å². The largest absolute Gasteiger partial charge is 0.394 e. The van der Waals surface area contributed by atoms with Crippen LogP contribution in [0.5, 0.6) is 0 Å². The number of halogens is 3. The maximum absolute atomic E-state index is 12.3. The van der Waals surface area contributed by atoms with Crippen molar-refractivity contribution >= 4 is 17.7 Å². The van der Waals surface area contributed by atoms with Crippen LogP contribution in [0, 0.1) is 6.92 Å². The van der Waals surface area contributed by atoms with Gasteiger partial charge in [-0.15, -0.1) is 0 Å². The molecule has 0 saturated carbocycles. The molecule has 0 atom stereocenters. The summed E-state index contributed by atoms with van der Waals surface area (Å²) >= 11 is 0. The molecule has 1 aromatic carbocycles. The summed E-state index contributed by atoms with van der Waals surface area (Å²) in [6, 6.07) is 10.4. The van der Waals surface area contributed by atoms with Crippen LogP contribution < -0.4 is 10.3 Å². The highest BCUT2D eigenvalue weighted by Gasteiger charge is 2.49. The summed E-state index contributed by atoms with van der Waals surface area (Å²) in [5.41, 5.74) is 6.46. The number of anilines is 2. The molecule has 8 heteroatoms. The molecule has 5 nitrogen and oxygen atoms in total. The molecule has 2 aromatic rings. The van der Waals surface area contributed by atoms with Crippen molar-refractivity contribution in [3.8, 4) is 0 Å². The maximum Gasteiger partial charge on any atom is 0.394 e. The number of nitrogens with zero attached hydrogens (tertiary/aromatic N) is 3. The zero-order valence-corrected chi connectivity index (χ0v) is 18.0. The lowest BCUT2D eigenvalue weighted by atomic mass is 9.82. The Hall–Kier alpha value is -2.61. The van der Waals surface area contributed by atoms with E-state index in [4.69, 9.17) is 4.74 Å². The molecule has 31 heavy (non-hydrogen) atoms. The van der Waals surface area contributed by atoms with E-state index in [0.29, 0.717) is 5.82 Å². The second kappa shape index (κ2) is 7.82. The van der Waals surface area contributed by atoms with Crippen LogP contribution >= 0.6 is 0 Å². The minimum absolute atomic E-state index is 0.277. The fourth-order valence-electron chi connectivity index (χ4n) is 4.72. The Kier molecular flexibility index (Phi) is 5.45. The molecule has 1 saturated heterocycles. The van der Waals surface area contributed by atoms with Gasteiger partial charge < -0.3 is 9.64 Å². The average Bonchev–Trinajstić information content (AvgIpc) is 2.93. The first-order valence-electron chi connectivity index (χ1n) is 10.5. The third kappa shape index (κ3) is 4.26. The van der Waals surface area contributed by atoms with Gasteiger partial charge in [0.2, 0.25) is 0 Å². The van der Waals surface area contributed by atoms with Gasteiger partial charge in [-0.3, -0.25) is 5.43 Å². The quantitative estimate of drug-likeness (QED) is 0.512. The Labute approximate surface area is 180 Å². The Morgan fingerprint density at radius 1 is 1.16 bits per heavy atom. The van der Waals surface area contributed by atoms with Crippen molar-refractivity contribution < 1.29 is 17.9 Å². The minimum Gasteiger partial charge on any atom is -0.371 e. The highest BCUT2D eigenvalue weighted by Crippen LogP contribution is 2.52. The van der Waals surface area contributed by atoms with Crippen molar-refractivity contribution in [2.75, 3.05) is 23.4 Å².